The van der Waals surface area contributed by atoms with Crippen LogP contribution in [0.25, 0.3) is 17.2 Å². The van der Waals surface area contributed by atoms with Crippen LogP contribution in [0.2, 0.25) is 0 Å². The molecular weight excluding hydrogens is 412 g/mol. The van der Waals surface area contributed by atoms with Gasteiger partial charge in [0.15, 0.2) is 5.82 Å². The Kier molecular flexibility index (Phi) is 6.66. The molecule has 0 aromatic carbocycles. The number of nitriles is 1. The van der Waals surface area contributed by atoms with Crippen LogP contribution in [0.5, 0.6) is 0 Å². The number of nitrogens with two attached hydrogens (primary N) is 1. The summed E-state index contributed by atoms with van der Waals surface area (Å²) >= 11 is 0. The van der Waals surface area contributed by atoms with E-state index in [1.54, 1.807) is 13.2 Å². The monoisotopic (exact) mass is 444 g/mol. The highest BCUT2D eigenvalue weighted by molar-refractivity contribution is 5.78. The van der Waals surface area contributed by atoms with Crippen LogP contribution in [-0.4, -0.2) is 54.3 Å². The van der Waals surface area contributed by atoms with E-state index in [1.165, 1.54) is 0 Å². The van der Waals surface area contributed by atoms with Crippen LogP contribution in [0, 0.1) is 11.3 Å². The van der Waals surface area contributed by atoms with Crippen molar-refractivity contribution in [2.24, 2.45) is 0 Å². The zero-order valence-corrected chi connectivity index (χ0v) is 19.5. The molecule has 0 radical (unpaired) electrons. The number of nitrogens with zero attached hydrogens (tertiary/aromatic N) is 5. The second kappa shape index (κ2) is 9.63. The number of pyridine rings is 2. The van der Waals surface area contributed by atoms with Crippen LogP contribution in [0.1, 0.15) is 49.2 Å². The van der Waals surface area contributed by atoms with E-state index < -0.39 is 0 Å². The van der Waals surface area contributed by atoms with E-state index in [0.717, 1.165) is 67.2 Å². The van der Waals surface area contributed by atoms with Crippen LogP contribution in [0.3, 0.4) is 0 Å². The van der Waals surface area contributed by atoms with Gasteiger partial charge in [0.2, 0.25) is 0 Å². The number of ether oxygens (including phenoxy) is 1. The number of nitrogen functional groups attached to an aromatic ring is 1. The van der Waals surface area contributed by atoms with Gasteiger partial charge in [0.1, 0.15) is 11.8 Å². The Morgan fingerprint density at radius 1 is 1.30 bits per heavy atom. The molecule has 172 valence electrons. The molecule has 1 saturated carbocycles. The average Bonchev–Trinajstić information content (AvgIpc) is 3.67. The van der Waals surface area contributed by atoms with Crippen molar-refractivity contribution in [3.8, 4) is 17.2 Å². The Bertz CT molecular complexity index is 1100. The van der Waals surface area contributed by atoms with Crippen molar-refractivity contribution < 1.29 is 4.74 Å². The van der Waals surface area contributed by atoms with Crippen LogP contribution in [-0.2, 0) is 4.74 Å². The quantitative estimate of drug-likeness (QED) is 0.653. The Morgan fingerprint density at radius 2 is 2.09 bits per heavy atom. The number of rotatable bonds is 8. The molecule has 2 fully saturated rings. The maximum absolute atomic E-state index is 9.41. The molecule has 3 heterocycles. The molecule has 4 rings (SSSR count). The summed E-state index contributed by atoms with van der Waals surface area (Å²) < 4.78 is 5.21. The van der Waals surface area contributed by atoms with Gasteiger partial charge in [-0.2, -0.15) is 5.26 Å². The van der Waals surface area contributed by atoms with E-state index >= 15 is 0 Å². The number of anilines is 2. The Balaban J connectivity index is 1.64. The van der Waals surface area contributed by atoms with Crippen molar-refractivity contribution in [3.05, 3.63) is 54.1 Å². The van der Waals surface area contributed by atoms with Gasteiger partial charge in [-0.3, -0.25) is 0 Å². The summed E-state index contributed by atoms with van der Waals surface area (Å²) in [6.07, 6.45) is 4.74. The van der Waals surface area contributed by atoms with E-state index in [4.69, 9.17) is 15.5 Å². The standard InChI is InChI=1S/C26H32N6O/c1-5-21-12-20(13-22(15-27)29-21)23-14-24(28)26(30-25(23)19-6-7-19)31-9-10-32(18(3)16-31)17(2)8-11-33-4/h5,12-14,18-19H,1-2,6-11,16,28H2,3-4H3. The minimum absolute atomic E-state index is 0.307. The first-order chi connectivity index (χ1) is 15.9. The highest BCUT2D eigenvalue weighted by Crippen LogP contribution is 2.45. The normalized spacial score (nSPS) is 18.2. The molecule has 0 bridgehead atoms. The number of piperazine rings is 1. The maximum Gasteiger partial charge on any atom is 0.152 e. The number of hydrogen-bond donors (Lipinski definition) is 1. The van der Waals surface area contributed by atoms with E-state index in [1.807, 2.05) is 18.2 Å². The first-order valence-corrected chi connectivity index (χ1v) is 11.5. The SMILES string of the molecule is C=Cc1cc(-c2cc(N)c(N3CCN(C(=C)CCOC)C(C)C3)nc2C2CC2)cc(C#N)n1. The van der Waals surface area contributed by atoms with Crippen LogP contribution in [0.15, 0.2) is 37.1 Å². The van der Waals surface area contributed by atoms with Gasteiger partial charge in [0, 0.05) is 56.4 Å². The van der Waals surface area contributed by atoms with E-state index in [0.29, 0.717) is 35.6 Å². The molecule has 33 heavy (non-hydrogen) atoms. The van der Waals surface area contributed by atoms with Crippen LogP contribution in [0.4, 0.5) is 11.5 Å². The van der Waals surface area contributed by atoms with Crippen molar-refractivity contribution in [2.75, 3.05) is 44.0 Å². The number of methoxy groups -OCH3 is 1. The summed E-state index contributed by atoms with van der Waals surface area (Å²) in [7, 11) is 1.72. The summed E-state index contributed by atoms with van der Waals surface area (Å²) in [4.78, 5) is 14.0. The lowest BCUT2D eigenvalue weighted by atomic mass is 9.99. The molecule has 1 unspecified atom stereocenters. The lowest BCUT2D eigenvalue weighted by Crippen LogP contribution is -2.51. The van der Waals surface area contributed by atoms with Crippen molar-refractivity contribution >= 4 is 17.6 Å². The molecule has 2 N–H and O–H groups in total. The molecule has 2 aromatic rings. The zero-order valence-electron chi connectivity index (χ0n) is 19.5. The Labute approximate surface area is 196 Å². The predicted octanol–water partition coefficient (Wildman–Crippen LogP) is 4.18. The summed E-state index contributed by atoms with van der Waals surface area (Å²) in [5, 5.41) is 9.41. The smallest absolute Gasteiger partial charge is 0.152 e. The first-order valence-electron chi connectivity index (χ1n) is 11.5. The third kappa shape index (κ3) is 4.86. The van der Waals surface area contributed by atoms with Crippen molar-refractivity contribution in [2.45, 2.75) is 38.1 Å². The van der Waals surface area contributed by atoms with Crippen LogP contribution >= 0.6 is 0 Å². The van der Waals surface area contributed by atoms with Gasteiger partial charge < -0.3 is 20.3 Å². The zero-order chi connectivity index (χ0) is 23.5. The minimum atomic E-state index is 0.307. The van der Waals surface area contributed by atoms with Gasteiger partial charge in [-0.05, 0) is 49.6 Å². The predicted molar refractivity (Wildman–Crippen MR) is 133 cm³/mol. The van der Waals surface area contributed by atoms with Crippen molar-refractivity contribution in [1.29, 1.82) is 5.26 Å². The molecule has 7 heteroatoms. The lowest BCUT2D eigenvalue weighted by molar-refractivity contribution is 0.177. The summed E-state index contributed by atoms with van der Waals surface area (Å²) in [5.41, 5.74) is 12.3. The molecule has 1 aliphatic carbocycles. The largest absolute Gasteiger partial charge is 0.396 e. The maximum atomic E-state index is 9.41. The summed E-state index contributed by atoms with van der Waals surface area (Å²) in [6, 6.07) is 8.23. The third-order valence-corrected chi connectivity index (χ3v) is 6.43. The topological polar surface area (TPSA) is 91.3 Å². The van der Waals surface area contributed by atoms with Crippen molar-refractivity contribution in [3.63, 3.8) is 0 Å². The summed E-state index contributed by atoms with van der Waals surface area (Å²) in [6.45, 7) is 13.5. The first kappa shape index (κ1) is 22.8. The molecule has 7 nitrogen and oxygen atoms in total. The van der Waals surface area contributed by atoms with Gasteiger partial charge in [-0.25, -0.2) is 9.97 Å². The molecule has 0 spiro atoms. The molecule has 1 atom stereocenters. The van der Waals surface area contributed by atoms with E-state index in [-0.39, 0.29) is 0 Å². The average molecular weight is 445 g/mol. The van der Waals surface area contributed by atoms with Crippen LogP contribution < -0.4 is 10.6 Å². The highest BCUT2D eigenvalue weighted by Gasteiger charge is 2.32. The fraction of sp³-hybridized carbons (Fsp3) is 0.423. The molecule has 2 aliphatic rings. The molecular formula is C26H32N6O. The van der Waals surface area contributed by atoms with Crippen molar-refractivity contribution in [1.82, 2.24) is 14.9 Å². The minimum Gasteiger partial charge on any atom is -0.396 e. The summed E-state index contributed by atoms with van der Waals surface area (Å²) in [5.74, 6) is 1.28. The lowest BCUT2D eigenvalue weighted by Gasteiger charge is -2.43. The second-order valence-electron chi connectivity index (χ2n) is 8.89. The van der Waals surface area contributed by atoms with Gasteiger partial charge >= 0.3 is 0 Å². The Hall–Kier alpha value is -3.37. The van der Waals surface area contributed by atoms with Gasteiger partial charge in [-0.15, -0.1) is 0 Å². The number of hydrogen-bond acceptors (Lipinski definition) is 7. The highest BCUT2D eigenvalue weighted by atomic mass is 16.5. The van der Waals surface area contributed by atoms with Gasteiger partial charge in [0.05, 0.1) is 23.7 Å². The molecule has 2 aromatic heterocycles. The van der Waals surface area contributed by atoms with E-state index in [2.05, 4.69) is 40.9 Å². The second-order valence-corrected chi connectivity index (χ2v) is 8.89. The third-order valence-electron chi connectivity index (χ3n) is 6.43. The molecule has 0 amide bonds. The number of aromatic nitrogens is 2. The van der Waals surface area contributed by atoms with Gasteiger partial charge in [-0.1, -0.05) is 13.2 Å². The fourth-order valence-corrected chi connectivity index (χ4v) is 4.54. The van der Waals surface area contributed by atoms with Gasteiger partial charge in [0.25, 0.3) is 0 Å². The Morgan fingerprint density at radius 3 is 2.73 bits per heavy atom. The fourth-order valence-electron chi connectivity index (χ4n) is 4.54. The molecule has 1 saturated heterocycles. The molecule has 1 aliphatic heterocycles. The van der Waals surface area contributed by atoms with E-state index in [9.17, 15) is 5.26 Å².